The Labute approximate surface area is 134 Å². The Kier molecular flexibility index (Phi) is 3.60. The second-order valence-corrected chi connectivity index (χ2v) is 7.40. The molecule has 0 spiro atoms. The average Bonchev–Trinajstić information content (AvgIpc) is 2.91. The van der Waals surface area contributed by atoms with Crippen LogP contribution in [0.4, 0.5) is 5.69 Å². The van der Waals surface area contributed by atoms with Crippen molar-refractivity contribution in [3.05, 3.63) is 52.8 Å². The summed E-state index contributed by atoms with van der Waals surface area (Å²) < 4.78 is 27.4. The van der Waals surface area contributed by atoms with Crippen LogP contribution in [0.25, 0.3) is 0 Å². The van der Waals surface area contributed by atoms with Gasteiger partial charge in [0.25, 0.3) is 10.0 Å². The molecule has 0 saturated carbocycles. The lowest BCUT2D eigenvalue weighted by Gasteiger charge is -2.21. The minimum Gasteiger partial charge on any atom is -0.478 e. The maximum Gasteiger partial charge on any atom is 0.335 e. The van der Waals surface area contributed by atoms with Crippen molar-refractivity contribution in [1.82, 2.24) is 4.98 Å². The van der Waals surface area contributed by atoms with Gasteiger partial charge in [-0.1, -0.05) is 6.07 Å². The Balaban J connectivity index is 2.15. The van der Waals surface area contributed by atoms with Gasteiger partial charge in [0, 0.05) is 18.9 Å². The number of rotatable bonds is 3. The zero-order chi connectivity index (χ0) is 16.8. The first-order valence-electron chi connectivity index (χ1n) is 7.12. The molecule has 120 valence electrons. The van der Waals surface area contributed by atoms with Crippen LogP contribution in [0.15, 0.2) is 35.5 Å². The van der Waals surface area contributed by atoms with Crippen LogP contribution in [-0.4, -0.2) is 31.0 Å². The minimum atomic E-state index is -3.81. The van der Waals surface area contributed by atoms with E-state index in [1.54, 1.807) is 38.4 Å². The van der Waals surface area contributed by atoms with E-state index in [0.717, 1.165) is 5.56 Å². The molecule has 7 heteroatoms. The number of carboxylic acids is 1. The normalized spacial score (nSPS) is 13.9. The number of carbonyl (C=O) groups is 1. The van der Waals surface area contributed by atoms with E-state index < -0.39 is 16.0 Å². The highest BCUT2D eigenvalue weighted by Crippen LogP contribution is 2.33. The first-order chi connectivity index (χ1) is 10.8. The second-order valence-electron chi connectivity index (χ2n) is 5.57. The summed E-state index contributed by atoms with van der Waals surface area (Å²) in [5.41, 5.74) is 2.56. The molecule has 1 N–H and O–H groups in total. The number of aryl methyl sites for hydroxylation is 2. The highest BCUT2D eigenvalue weighted by atomic mass is 32.2. The van der Waals surface area contributed by atoms with E-state index in [-0.39, 0.29) is 10.5 Å². The summed E-state index contributed by atoms with van der Waals surface area (Å²) in [4.78, 5) is 15.4. The quantitative estimate of drug-likeness (QED) is 0.930. The van der Waals surface area contributed by atoms with Crippen molar-refractivity contribution in [3.8, 4) is 0 Å². The van der Waals surface area contributed by atoms with Crippen molar-refractivity contribution in [3.63, 3.8) is 0 Å². The van der Waals surface area contributed by atoms with E-state index >= 15 is 0 Å². The maximum atomic E-state index is 13.0. The van der Waals surface area contributed by atoms with Crippen molar-refractivity contribution < 1.29 is 18.3 Å². The third-order valence-corrected chi connectivity index (χ3v) is 6.01. The number of fused-ring (bicyclic) bond motifs is 1. The fourth-order valence-corrected chi connectivity index (χ4v) is 4.65. The van der Waals surface area contributed by atoms with E-state index in [1.807, 2.05) is 0 Å². The topological polar surface area (TPSA) is 87.6 Å². The summed E-state index contributed by atoms with van der Waals surface area (Å²) in [6.45, 7) is 3.66. The zero-order valence-electron chi connectivity index (χ0n) is 12.8. The molecule has 2 heterocycles. The summed E-state index contributed by atoms with van der Waals surface area (Å²) in [5, 5.41) is 9.25. The van der Waals surface area contributed by atoms with Crippen LogP contribution in [0, 0.1) is 13.8 Å². The molecule has 0 atom stereocenters. The third-order valence-electron chi connectivity index (χ3n) is 4.05. The van der Waals surface area contributed by atoms with E-state index in [2.05, 4.69) is 4.98 Å². The lowest BCUT2D eigenvalue weighted by molar-refractivity contribution is 0.0696. The van der Waals surface area contributed by atoms with E-state index in [9.17, 15) is 18.3 Å². The number of anilines is 1. The summed E-state index contributed by atoms with van der Waals surface area (Å²) in [6, 6.07) is 4.52. The number of hydrogen-bond donors (Lipinski definition) is 1. The van der Waals surface area contributed by atoms with E-state index in [1.165, 1.54) is 10.4 Å². The van der Waals surface area contributed by atoms with Gasteiger partial charge in [0.1, 0.15) is 0 Å². The van der Waals surface area contributed by atoms with Crippen molar-refractivity contribution in [2.45, 2.75) is 25.2 Å². The Bertz CT molecular complexity index is 906. The van der Waals surface area contributed by atoms with Crippen molar-refractivity contribution in [1.29, 1.82) is 0 Å². The molecule has 0 aliphatic carbocycles. The number of benzene rings is 1. The Morgan fingerprint density at radius 2 is 2.00 bits per heavy atom. The Hall–Kier alpha value is -2.41. The van der Waals surface area contributed by atoms with Crippen LogP contribution in [0.1, 0.15) is 27.0 Å². The van der Waals surface area contributed by atoms with Gasteiger partial charge in [-0.3, -0.25) is 9.29 Å². The molecule has 2 aromatic rings. The molecule has 0 amide bonds. The molecule has 6 nitrogen and oxygen atoms in total. The molecule has 0 fully saturated rings. The number of aromatic nitrogens is 1. The molecule has 0 radical (unpaired) electrons. The lowest BCUT2D eigenvalue weighted by atomic mass is 10.1. The minimum absolute atomic E-state index is 0.00308. The Morgan fingerprint density at radius 1 is 1.26 bits per heavy atom. The van der Waals surface area contributed by atoms with Gasteiger partial charge in [-0.05, 0) is 49.1 Å². The van der Waals surface area contributed by atoms with Gasteiger partial charge in [0.2, 0.25) is 0 Å². The maximum absolute atomic E-state index is 13.0. The SMILES string of the molecule is Cc1cc(C)c(S(=O)(=O)N2CCc3cnccc32)cc1C(=O)O. The van der Waals surface area contributed by atoms with Crippen molar-refractivity contribution in [2.75, 3.05) is 10.8 Å². The molecule has 0 unspecified atom stereocenters. The molecule has 0 bridgehead atoms. The molecule has 1 aromatic carbocycles. The fourth-order valence-electron chi connectivity index (χ4n) is 2.91. The van der Waals surface area contributed by atoms with Crippen LogP contribution >= 0.6 is 0 Å². The van der Waals surface area contributed by atoms with Crippen LogP contribution in [-0.2, 0) is 16.4 Å². The second kappa shape index (κ2) is 5.34. The molecule has 1 aromatic heterocycles. The summed E-state index contributed by atoms with van der Waals surface area (Å²) in [5.74, 6) is -1.13. The molecular formula is C16H16N2O4S. The number of pyridine rings is 1. The Morgan fingerprint density at radius 3 is 2.70 bits per heavy atom. The first-order valence-corrected chi connectivity index (χ1v) is 8.56. The molecule has 3 rings (SSSR count). The number of aromatic carboxylic acids is 1. The summed E-state index contributed by atoms with van der Waals surface area (Å²) in [7, 11) is -3.81. The average molecular weight is 332 g/mol. The highest BCUT2D eigenvalue weighted by molar-refractivity contribution is 7.93. The molecule has 1 aliphatic rings. The van der Waals surface area contributed by atoms with Gasteiger partial charge < -0.3 is 5.11 Å². The van der Waals surface area contributed by atoms with Crippen LogP contribution < -0.4 is 4.31 Å². The monoisotopic (exact) mass is 332 g/mol. The molecule has 0 saturated heterocycles. The number of carboxylic acid groups (broad SMARTS) is 1. The fraction of sp³-hybridized carbons (Fsp3) is 0.250. The highest BCUT2D eigenvalue weighted by Gasteiger charge is 2.32. The van der Waals surface area contributed by atoms with Gasteiger partial charge in [-0.15, -0.1) is 0 Å². The van der Waals surface area contributed by atoms with Gasteiger partial charge in [-0.2, -0.15) is 0 Å². The van der Waals surface area contributed by atoms with Crippen LogP contribution in [0.3, 0.4) is 0 Å². The molecule has 1 aliphatic heterocycles. The molecule has 23 heavy (non-hydrogen) atoms. The number of nitrogens with zero attached hydrogens (tertiary/aromatic N) is 2. The van der Waals surface area contributed by atoms with E-state index in [4.69, 9.17) is 0 Å². The number of hydrogen-bond acceptors (Lipinski definition) is 4. The lowest BCUT2D eigenvalue weighted by Crippen LogP contribution is -2.30. The largest absolute Gasteiger partial charge is 0.478 e. The zero-order valence-corrected chi connectivity index (χ0v) is 13.6. The summed E-state index contributed by atoms with van der Waals surface area (Å²) >= 11 is 0. The van der Waals surface area contributed by atoms with Gasteiger partial charge in [0.05, 0.1) is 16.1 Å². The standard InChI is InChI=1S/C16H16N2O4S/c1-10-7-11(2)15(8-13(10)16(19)20)23(21,22)18-6-4-12-9-17-5-3-14(12)18/h3,5,7-9H,4,6H2,1-2H3,(H,19,20). The van der Waals surface area contributed by atoms with Gasteiger partial charge in [0.15, 0.2) is 0 Å². The van der Waals surface area contributed by atoms with Crippen molar-refractivity contribution >= 4 is 21.7 Å². The van der Waals surface area contributed by atoms with Crippen LogP contribution in [0.5, 0.6) is 0 Å². The predicted octanol–water partition coefficient (Wildman–Crippen LogP) is 2.15. The van der Waals surface area contributed by atoms with E-state index in [0.29, 0.717) is 29.8 Å². The first kappa shape index (κ1) is 15.5. The summed E-state index contributed by atoms with van der Waals surface area (Å²) in [6.07, 6.45) is 3.81. The van der Waals surface area contributed by atoms with Gasteiger partial charge >= 0.3 is 5.97 Å². The number of sulfonamides is 1. The van der Waals surface area contributed by atoms with Crippen molar-refractivity contribution in [2.24, 2.45) is 0 Å². The van der Waals surface area contributed by atoms with Gasteiger partial charge in [-0.25, -0.2) is 13.2 Å². The predicted molar refractivity (Wildman–Crippen MR) is 85.3 cm³/mol. The third kappa shape index (κ3) is 2.46. The smallest absolute Gasteiger partial charge is 0.335 e. The molecular weight excluding hydrogens is 316 g/mol. The van der Waals surface area contributed by atoms with Crippen LogP contribution in [0.2, 0.25) is 0 Å².